The maximum absolute atomic E-state index is 13.6. The third-order valence-corrected chi connectivity index (χ3v) is 3.22. The molecule has 8 heteroatoms. The number of ether oxygens (including phenoxy) is 2. The molecule has 0 aliphatic carbocycles. The minimum atomic E-state index is -4.53. The molecule has 0 radical (unpaired) electrons. The molecule has 0 bridgehead atoms. The SMILES string of the molecule is CCOC(=O)c1cc(Oc2ccc(C(F)(F)F)cc2Cl)ccc1F. The van der Waals surface area contributed by atoms with Crippen LogP contribution in [0, 0.1) is 5.82 Å². The Labute approximate surface area is 139 Å². The van der Waals surface area contributed by atoms with Gasteiger partial charge in [-0.2, -0.15) is 13.2 Å². The van der Waals surface area contributed by atoms with E-state index < -0.39 is 23.5 Å². The lowest BCUT2D eigenvalue weighted by Gasteiger charge is -2.12. The summed E-state index contributed by atoms with van der Waals surface area (Å²) in [7, 11) is 0. The van der Waals surface area contributed by atoms with Gasteiger partial charge in [-0.3, -0.25) is 0 Å². The molecule has 0 aromatic heterocycles. The lowest BCUT2D eigenvalue weighted by atomic mass is 10.2. The van der Waals surface area contributed by atoms with Gasteiger partial charge >= 0.3 is 12.1 Å². The van der Waals surface area contributed by atoms with Crippen molar-refractivity contribution in [3.8, 4) is 11.5 Å². The van der Waals surface area contributed by atoms with Crippen molar-refractivity contribution in [3.63, 3.8) is 0 Å². The summed E-state index contributed by atoms with van der Waals surface area (Å²) < 4.78 is 61.4. The number of halogens is 5. The summed E-state index contributed by atoms with van der Waals surface area (Å²) in [5.41, 5.74) is -1.27. The highest BCUT2D eigenvalue weighted by Gasteiger charge is 2.31. The van der Waals surface area contributed by atoms with Gasteiger partial charge in [0, 0.05) is 0 Å². The third kappa shape index (κ3) is 4.17. The number of rotatable bonds is 4. The average molecular weight is 363 g/mol. The van der Waals surface area contributed by atoms with Gasteiger partial charge in [-0.1, -0.05) is 11.6 Å². The Morgan fingerprint density at radius 1 is 1.17 bits per heavy atom. The van der Waals surface area contributed by atoms with Crippen LogP contribution in [0.25, 0.3) is 0 Å². The van der Waals surface area contributed by atoms with Gasteiger partial charge in [0.05, 0.1) is 22.8 Å². The van der Waals surface area contributed by atoms with Gasteiger partial charge in [0.1, 0.15) is 17.3 Å². The highest BCUT2D eigenvalue weighted by atomic mass is 35.5. The Morgan fingerprint density at radius 2 is 1.88 bits per heavy atom. The summed E-state index contributed by atoms with van der Waals surface area (Å²) in [6.07, 6.45) is -4.53. The van der Waals surface area contributed by atoms with Crippen LogP contribution in [0.2, 0.25) is 5.02 Å². The molecule has 0 aliphatic heterocycles. The lowest BCUT2D eigenvalue weighted by molar-refractivity contribution is -0.137. The predicted octanol–water partition coefficient (Wildman–Crippen LogP) is 5.47. The molecule has 0 spiro atoms. The van der Waals surface area contributed by atoms with Gasteiger partial charge in [-0.15, -0.1) is 0 Å². The summed E-state index contributed by atoms with van der Waals surface area (Å²) in [4.78, 5) is 11.6. The molecule has 128 valence electrons. The zero-order chi connectivity index (χ0) is 17.9. The number of esters is 1. The summed E-state index contributed by atoms with van der Waals surface area (Å²) in [6.45, 7) is 1.63. The molecule has 0 amide bonds. The molecular weight excluding hydrogens is 352 g/mol. The van der Waals surface area contributed by atoms with Crippen LogP contribution in [0.5, 0.6) is 11.5 Å². The van der Waals surface area contributed by atoms with E-state index >= 15 is 0 Å². The van der Waals surface area contributed by atoms with Crippen LogP contribution in [-0.2, 0) is 10.9 Å². The second-order valence-corrected chi connectivity index (χ2v) is 5.01. The molecule has 0 saturated heterocycles. The van der Waals surface area contributed by atoms with Crippen LogP contribution in [0.1, 0.15) is 22.8 Å². The molecule has 0 fully saturated rings. The first kappa shape index (κ1) is 18.1. The molecule has 2 rings (SSSR count). The van der Waals surface area contributed by atoms with E-state index in [9.17, 15) is 22.4 Å². The fourth-order valence-electron chi connectivity index (χ4n) is 1.82. The second-order valence-electron chi connectivity index (χ2n) is 4.61. The number of hydrogen-bond donors (Lipinski definition) is 0. The number of carbonyl (C=O) groups is 1. The molecule has 0 N–H and O–H groups in total. The molecule has 0 heterocycles. The Kier molecular flexibility index (Phi) is 5.33. The van der Waals surface area contributed by atoms with E-state index in [2.05, 4.69) is 0 Å². The monoisotopic (exact) mass is 362 g/mol. The molecule has 0 unspecified atom stereocenters. The molecule has 0 aliphatic rings. The zero-order valence-corrected chi connectivity index (χ0v) is 13.0. The number of alkyl halides is 3. The smallest absolute Gasteiger partial charge is 0.416 e. The van der Waals surface area contributed by atoms with E-state index in [1.165, 1.54) is 6.07 Å². The molecule has 2 aromatic rings. The Bertz CT molecular complexity index is 759. The van der Waals surface area contributed by atoms with E-state index in [1.807, 2.05) is 0 Å². The predicted molar refractivity (Wildman–Crippen MR) is 78.9 cm³/mol. The quantitative estimate of drug-likeness (QED) is 0.534. The van der Waals surface area contributed by atoms with E-state index in [0.717, 1.165) is 24.3 Å². The highest BCUT2D eigenvalue weighted by molar-refractivity contribution is 6.32. The van der Waals surface area contributed by atoms with Crippen LogP contribution in [0.4, 0.5) is 17.6 Å². The average Bonchev–Trinajstić information content (AvgIpc) is 2.50. The molecule has 0 saturated carbocycles. The van der Waals surface area contributed by atoms with Crippen LogP contribution in [0.3, 0.4) is 0 Å². The van der Waals surface area contributed by atoms with Gasteiger partial charge in [-0.05, 0) is 43.3 Å². The van der Waals surface area contributed by atoms with Gasteiger partial charge < -0.3 is 9.47 Å². The van der Waals surface area contributed by atoms with Gasteiger partial charge in [0.25, 0.3) is 0 Å². The topological polar surface area (TPSA) is 35.5 Å². The number of hydrogen-bond acceptors (Lipinski definition) is 3. The van der Waals surface area contributed by atoms with Gasteiger partial charge in [0.2, 0.25) is 0 Å². The Hall–Kier alpha value is -2.28. The van der Waals surface area contributed by atoms with Gasteiger partial charge in [0.15, 0.2) is 0 Å². The van der Waals surface area contributed by atoms with E-state index in [-0.39, 0.29) is 28.7 Å². The molecular formula is C16H11ClF4O3. The van der Waals surface area contributed by atoms with E-state index in [0.29, 0.717) is 6.07 Å². The van der Waals surface area contributed by atoms with E-state index in [1.54, 1.807) is 6.92 Å². The minimum absolute atomic E-state index is 0.0288. The maximum atomic E-state index is 13.6. The fourth-order valence-corrected chi connectivity index (χ4v) is 2.04. The zero-order valence-electron chi connectivity index (χ0n) is 12.3. The lowest BCUT2D eigenvalue weighted by Crippen LogP contribution is -2.07. The molecule has 2 aromatic carbocycles. The van der Waals surface area contributed by atoms with E-state index in [4.69, 9.17) is 21.1 Å². The first-order valence-corrected chi connectivity index (χ1v) is 7.11. The minimum Gasteiger partial charge on any atom is -0.462 e. The van der Waals surface area contributed by atoms with Crippen molar-refractivity contribution in [2.75, 3.05) is 6.61 Å². The van der Waals surface area contributed by atoms with Crippen molar-refractivity contribution in [1.29, 1.82) is 0 Å². The van der Waals surface area contributed by atoms with Crippen molar-refractivity contribution < 1.29 is 31.8 Å². The van der Waals surface area contributed by atoms with Crippen molar-refractivity contribution >= 4 is 17.6 Å². The summed E-state index contributed by atoms with van der Waals surface area (Å²) in [5, 5.41) is -0.271. The van der Waals surface area contributed by atoms with Crippen LogP contribution in [-0.4, -0.2) is 12.6 Å². The van der Waals surface area contributed by atoms with Crippen LogP contribution < -0.4 is 4.74 Å². The van der Waals surface area contributed by atoms with Crippen molar-refractivity contribution in [3.05, 3.63) is 58.4 Å². The van der Waals surface area contributed by atoms with Crippen molar-refractivity contribution in [1.82, 2.24) is 0 Å². The molecule has 0 atom stereocenters. The maximum Gasteiger partial charge on any atom is 0.416 e. The first-order chi connectivity index (χ1) is 11.2. The first-order valence-electron chi connectivity index (χ1n) is 6.73. The van der Waals surface area contributed by atoms with Crippen LogP contribution >= 0.6 is 11.6 Å². The van der Waals surface area contributed by atoms with Crippen molar-refractivity contribution in [2.45, 2.75) is 13.1 Å². The summed E-state index contributed by atoms with van der Waals surface area (Å²) in [5.74, 6) is -1.72. The normalized spacial score (nSPS) is 11.2. The molecule has 3 nitrogen and oxygen atoms in total. The summed E-state index contributed by atoms with van der Waals surface area (Å²) in [6, 6.07) is 5.84. The Balaban J connectivity index is 2.29. The molecule has 24 heavy (non-hydrogen) atoms. The fraction of sp³-hybridized carbons (Fsp3) is 0.188. The summed E-state index contributed by atoms with van der Waals surface area (Å²) >= 11 is 5.78. The third-order valence-electron chi connectivity index (χ3n) is 2.92. The van der Waals surface area contributed by atoms with Crippen LogP contribution in [0.15, 0.2) is 36.4 Å². The standard InChI is InChI=1S/C16H11ClF4O3/c1-2-23-15(22)11-8-10(4-5-13(11)18)24-14-6-3-9(7-12(14)17)16(19,20)21/h3-8H,2H2,1H3. The number of carbonyl (C=O) groups excluding carboxylic acids is 1. The largest absolute Gasteiger partial charge is 0.462 e. The Morgan fingerprint density at radius 3 is 2.46 bits per heavy atom. The second kappa shape index (κ2) is 7.09. The van der Waals surface area contributed by atoms with Gasteiger partial charge in [-0.25, -0.2) is 9.18 Å². The highest BCUT2D eigenvalue weighted by Crippen LogP contribution is 2.36. The number of benzene rings is 2. The van der Waals surface area contributed by atoms with Crippen molar-refractivity contribution in [2.24, 2.45) is 0 Å².